The van der Waals surface area contributed by atoms with Crippen LogP contribution in [0.4, 0.5) is 4.39 Å². The summed E-state index contributed by atoms with van der Waals surface area (Å²) in [6.07, 6.45) is 0. The van der Waals surface area contributed by atoms with Crippen LogP contribution in [0.1, 0.15) is 29.8 Å². The Morgan fingerprint density at radius 1 is 1.07 bits per heavy atom. The third kappa shape index (κ3) is 4.69. The molecule has 2 aromatic carbocycles. The van der Waals surface area contributed by atoms with E-state index in [-0.39, 0.29) is 34.5 Å². The van der Waals surface area contributed by atoms with E-state index in [0.29, 0.717) is 13.1 Å². The van der Waals surface area contributed by atoms with Gasteiger partial charge in [0.25, 0.3) is 5.91 Å². The molecule has 0 heterocycles. The Balaban J connectivity index is 2.35. The van der Waals surface area contributed by atoms with E-state index in [4.69, 9.17) is 4.74 Å². The van der Waals surface area contributed by atoms with Crippen LogP contribution in [0.3, 0.4) is 0 Å². The second kappa shape index (κ2) is 9.16. The fraction of sp³-hybridized carbons (Fsp3) is 0.350. The van der Waals surface area contributed by atoms with Crippen molar-refractivity contribution in [3.05, 3.63) is 59.4 Å². The SMILES string of the molecule is CCN(CC)S(=O)(=O)c1cc(C(=O)N(C)Cc2ccc(F)cc2)ccc1OC. The van der Waals surface area contributed by atoms with Crippen LogP contribution in [0.15, 0.2) is 47.4 Å². The quantitative estimate of drug-likeness (QED) is 0.673. The van der Waals surface area contributed by atoms with Crippen LogP contribution in [0.5, 0.6) is 5.75 Å². The Morgan fingerprint density at radius 3 is 2.21 bits per heavy atom. The zero-order valence-corrected chi connectivity index (χ0v) is 17.3. The molecule has 0 bridgehead atoms. The number of benzene rings is 2. The number of carbonyl (C=O) groups is 1. The minimum Gasteiger partial charge on any atom is -0.495 e. The average molecular weight is 408 g/mol. The van der Waals surface area contributed by atoms with Crippen molar-refractivity contribution in [2.45, 2.75) is 25.3 Å². The van der Waals surface area contributed by atoms with Gasteiger partial charge in [-0.05, 0) is 35.9 Å². The Bertz CT molecular complexity index is 926. The van der Waals surface area contributed by atoms with Crippen molar-refractivity contribution in [3.63, 3.8) is 0 Å². The van der Waals surface area contributed by atoms with E-state index in [0.717, 1.165) is 5.56 Å². The maximum absolute atomic E-state index is 13.0. The lowest BCUT2D eigenvalue weighted by Crippen LogP contribution is -2.31. The summed E-state index contributed by atoms with van der Waals surface area (Å²) in [5, 5.41) is 0. The van der Waals surface area contributed by atoms with Crippen LogP contribution in [0, 0.1) is 5.82 Å². The van der Waals surface area contributed by atoms with Gasteiger partial charge in [-0.1, -0.05) is 26.0 Å². The van der Waals surface area contributed by atoms with Crippen LogP contribution in [0.25, 0.3) is 0 Å². The third-order valence-corrected chi connectivity index (χ3v) is 6.48. The molecule has 0 aliphatic rings. The van der Waals surface area contributed by atoms with E-state index in [1.165, 1.54) is 46.6 Å². The Morgan fingerprint density at radius 2 is 1.68 bits per heavy atom. The van der Waals surface area contributed by atoms with Crippen molar-refractivity contribution >= 4 is 15.9 Å². The summed E-state index contributed by atoms with van der Waals surface area (Å²) < 4.78 is 45.4. The fourth-order valence-electron chi connectivity index (χ4n) is 2.87. The van der Waals surface area contributed by atoms with E-state index in [2.05, 4.69) is 0 Å². The number of hydrogen-bond donors (Lipinski definition) is 0. The number of halogens is 1. The van der Waals surface area contributed by atoms with Crippen molar-refractivity contribution in [2.75, 3.05) is 27.2 Å². The monoisotopic (exact) mass is 408 g/mol. The predicted octanol–water partition coefficient (Wildman–Crippen LogP) is 3.14. The first-order valence-corrected chi connectivity index (χ1v) is 10.4. The third-order valence-electron chi connectivity index (χ3n) is 4.41. The van der Waals surface area contributed by atoms with Gasteiger partial charge in [-0.2, -0.15) is 4.31 Å². The summed E-state index contributed by atoms with van der Waals surface area (Å²) in [4.78, 5) is 14.2. The van der Waals surface area contributed by atoms with Gasteiger partial charge in [-0.25, -0.2) is 12.8 Å². The highest BCUT2D eigenvalue weighted by Gasteiger charge is 2.27. The molecule has 1 amide bonds. The van der Waals surface area contributed by atoms with Gasteiger partial charge in [-0.15, -0.1) is 0 Å². The van der Waals surface area contributed by atoms with Crippen LogP contribution in [-0.4, -0.2) is 50.8 Å². The summed E-state index contributed by atoms with van der Waals surface area (Å²) in [6, 6.07) is 10.2. The molecule has 8 heteroatoms. The first-order chi connectivity index (χ1) is 13.2. The molecule has 0 saturated carbocycles. The minimum atomic E-state index is -3.79. The molecule has 0 aliphatic heterocycles. The zero-order valence-electron chi connectivity index (χ0n) is 16.5. The van der Waals surface area contributed by atoms with Gasteiger partial charge in [0.2, 0.25) is 10.0 Å². The van der Waals surface area contributed by atoms with Crippen LogP contribution >= 0.6 is 0 Å². The maximum Gasteiger partial charge on any atom is 0.253 e. The predicted molar refractivity (Wildman–Crippen MR) is 105 cm³/mol. The molecule has 0 spiro atoms. The molecule has 0 saturated heterocycles. The molecule has 0 fully saturated rings. The van der Waals surface area contributed by atoms with Gasteiger partial charge < -0.3 is 9.64 Å². The number of amides is 1. The van der Waals surface area contributed by atoms with Crippen molar-refractivity contribution in [1.82, 2.24) is 9.21 Å². The molecule has 28 heavy (non-hydrogen) atoms. The standard InChI is InChI=1S/C20H25FN2O4S/c1-5-23(6-2)28(25,26)19-13-16(9-12-18(19)27-4)20(24)22(3)14-15-7-10-17(21)11-8-15/h7-13H,5-6,14H2,1-4H3. The number of nitrogens with zero attached hydrogens (tertiary/aromatic N) is 2. The lowest BCUT2D eigenvalue weighted by atomic mass is 10.1. The van der Waals surface area contributed by atoms with E-state index < -0.39 is 10.0 Å². The van der Waals surface area contributed by atoms with Gasteiger partial charge in [0.1, 0.15) is 16.5 Å². The van der Waals surface area contributed by atoms with E-state index in [1.807, 2.05) is 0 Å². The lowest BCUT2D eigenvalue weighted by molar-refractivity contribution is 0.0785. The molecule has 0 N–H and O–H groups in total. The van der Waals surface area contributed by atoms with Crippen molar-refractivity contribution in [2.24, 2.45) is 0 Å². The number of methoxy groups -OCH3 is 1. The Labute approximate surface area is 165 Å². The zero-order chi connectivity index (χ0) is 20.9. The molecule has 0 radical (unpaired) electrons. The second-order valence-electron chi connectivity index (χ2n) is 6.24. The van der Waals surface area contributed by atoms with Gasteiger partial charge in [-0.3, -0.25) is 4.79 Å². The first-order valence-electron chi connectivity index (χ1n) is 8.92. The summed E-state index contributed by atoms with van der Waals surface area (Å²) in [5.41, 5.74) is 0.998. The molecular formula is C20H25FN2O4S. The normalized spacial score (nSPS) is 11.5. The van der Waals surface area contributed by atoms with Gasteiger partial charge >= 0.3 is 0 Å². The highest BCUT2D eigenvalue weighted by atomic mass is 32.2. The van der Waals surface area contributed by atoms with Gasteiger partial charge in [0.05, 0.1) is 7.11 Å². The first kappa shape index (κ1) is 21.8. The fourth-order valence-corrected chi connectivity index (χ4v) is 4.51. The highest BCUT2D eigenvalue weighted by Crippen LogP contribution is 2.28. The highest BCUT2D eigenvalue weighted by molar-refractivity contribution is 7.89. The van der Waals surface area contributed by atoms with Crippen LogP contribution < -0.4 is 4.74 Å². The maximum atomic E-state index is 13.0. The van der Waals surface area contributed by atoms with Crippen LogP contribution in [0.2, 0.25) is 0 Å². The molecule has 6 nitrogen and oxygen atoms in total. The largest absolute Gasteiger partial charge is 0.495 e. The topological polar surface area (TPSA) is 66.9 Å². The lowest BCUT2D eigenvalue weighted by Gasteiger charge is -2.22. The molecule has 2 rings (SSSR count). The van der Waals surface area contributed by atoms with Crippen molar-refractivity contribution in [3.8, 4) is 5.75 Å². The van der Waals surface area contributed by atoms with E-state index in [1.54, 1.807) is 33.0 Å². The second-order valence-corrected chi connectivity index (χ2v) is 8.15. The van der Waals surface area contributed by atoms with Gasteiger partial charge in [0, 0.05) is 32.2 Å². The summed E-state index contributed by atoms with van der Waals surface area (Å²) in [7, 11) is -0.800. The Hall–Kier alpha value is -2.45. The molecular weight excluding hydrogens is 383 g/mol. The number of rotatable bonds is 8. The molecule has 0 atom stereocenters. The molecule has 0 unspecified atom stereocenters. The Kier molecular flexibility index (Phi) is 7.15. The van der Waals surface area contributed by atoms with Crippen molar-refractivity contribution < 1.29 is 22.3 Å². The summed E-state index contributed by atoms with van der Waals surface area (Å²) in [5.74, 6) is -0.508. The molecule has 152 valence electrons. The molecule has 2 aromatic rings. The number of sulfonamides is 1. The number of ether oxygens (including phenoxy) is 1. The smallest absolute Gasteiger partial charge is 0.253 e. The van der Waals surface area contributed by atoms with E-state index >= 15 is 0 Å². The molecule has 0 aromatic heterocycles. The number of carbonyl (C=O) groups excluding carboxylic acids is 1. The van der Waals surface area contributed by atoms with Crippen molar-refractivity contribution in [1.29, 1.82) is 0 Å². The molecule has 0 aliphatic carbocycles. The van der Waals surface area contributed by atoms with Gasteiger partial charge in [0.15, 0.2) is 0 Å². The minimum absolute atomic E-state index is 0.0419. The van der Waals surface area contributed by atoms with Crippen LogP contribution in [-0.2, 0) is 16.6 Å². The average Bonchev–Trinajstić information content (AvgIpc) is 2.69. The summed E-state index contributed by atoms with van der Waals surface area (Å²) in [6.45, 7) is 4.39. The van der Waals surface area contributed by atoms with E-state index in [9.17, 15) is 17.6 Å². The summed E-state index contributed by atoms with van der Waals surface area (Å²) >= 11 is 0. The number of hydrogen-bond acceptors (Lipinski definition) is 4.